The fourth-order valence-corrected chi connectivity index (χ4v) is 4.14. The first-order valence-corrected chi connectivity index (χ1v) is 13.5. The van der Waals surface area contributed by atoms with Crippen molar-refractivity contribution in [3.63, 3.8) is 0 Å². The van der Waals surface area contributed by atoms with Crippen LogP contribution in [0.4, 0.5) is 0 Å². The summed E-state index contributed by atoms with van der Waals surface area (Å²) in [6.45, 7) is 4.64. The van der Waals surface area contributed by atoms with Crippen LogP contribution in [0.2, 0.25) is 0 Å². The van der Waals surface area contributed by atoms with Crippen molar-refractivity contribution in [3.05, 3.63) is 47.2 Å². The Balaban J connectivity index is 1.73. The maximum Gasteiger partial charge on any atom is 0.337 e. The van der Waals surface area contributed by atoms with Crippen LogP contribution in [-0.2, 0) is 38.0 Å². The van der Waals surface area contributed by atoms with Crippen molar-refractivity contribution in [2.45, 2.75) is 31.5 Å². The maximum absolute atomic E-state index is 13.7. The van der Waals surface area contributed by atoms with Crippen molar-refractivity contribution in [2.75, 3.05) is 86.3 Å². The van der Waals surface area contributed by atoms with E-state index in [0.717, 1.165) is 5.56 Å². The van der Waals surface area contributed by atoms with E-state index in [-0.39, 0.29) is 24.2 Å². The quantitative estimate of drug-likeness (QED) is 0.379. The number of carbonyl (C=O) groups excluding carboxylic acids is 2. The van der Waals surface area contributed by atoms with Crippen LogP contribution in [0.25, 0.3) is 0 Å². The number of rotatable bonds is 8. The molecule has 1 fully saturated rings. The van der Waals surface area contributed by atoms with Gasteiger partial charge in [0.15, 0.2) is 5.76 Å². The lowest BCUT2D eigenvalue weighted by atomic mass is 9.92. The number of hydrogen-bond donors (Lipinski definition) is 1. The van der Waals surface area contributed by atoms with Crippen LogP contribution < -0.4 is 0 Å². The van der Waals surface area contributed by atoms with Crippen LogP contribution in [0.1, 0.15) is 41.1 Å². The number of carbonyl (C=O) groups is 2. The Morgan fingerprint density at radius 3 is 2.05 bits per heavy atom. The number of methoxy groups -OCH3 is 1. The third kappa shape index (κ3) is 10.9. The third-order valence-corrected chi connectivity index (χ3v) is 6.30. The monoisotopic (exact) mass is 551 g/mol. The number of aliphatic hydroxyl groups excluding tert-OH is 1. The van der Waals surface area contributed by atoms with Crippen LogP contribution in [0.15, 0.2) is 36.1 Å². The molecule has 1 N–H and O–H groups in total. The summed E-state index contributed by atoms with van der Waals surface area (Å²) in [6, 6.07) is 7.10. The summed E-state index contributed by atoms with van der Waals surface area (Å²) in [7, 11) is 1.34. The number of ether oxygens (including phenoxy) is 7. The molecule has 2 heterocycles. The Kier molecular flexibility index (Phi) is 14.2. The first-order valence-electron chi connectivity index (χ1n) is 13.5. The van der Waals surface area contributed by atoms with E-state index in [1.54, 1.807) is 17.0 Å². The van der Waals surface area contributed by atoms with Gasteiger partial charge in [0, 0.05) is 32.0 Å². The molecule has 0 aromatic heterocycles. The molecular formula is C28H41NO10. The zero-order valence-electron chi connectivity index (χ0n) is 22.7. The molecule has 3 rings (SSSR count). The minimum atomic E-state index is -0.636. The van der Waals surface area contributed by atoms with Gasteiger partial charge in [0.2, 0.25) is 6.29 Å². The van der Waals surface area contributed by atoms with Crippen molar-refractivity contribution < 1.29 is 47.9 Å². The molecule has 11 nitrogen and oxygen atoms in total. The first kappa shape index (κ1) is 31.0. The molecule has 2 atom stereocenters. The molecule has 0 spiro atoms. The highest BCUT2D eigenvalue weighted by Gasteiger charge is 2.31. The minimum Gasteiger partial charge on any atom is -0.465 e. The van der Waals surface area contributed by atoms with Gasteiger partial charge >= 0.3 is 5.97 Å². The van der Waals surface area contributed by atoms with Crippen molar-refractivity contribution in [1.82, 2.24) is 4.90 Å². The number of allylic oxidation sites excluding steroid dienone is 1. The summed E-state index contributed by atoms with van der Waals surface area (Å²) in [4.78, 5) is 27.2. The lowest BCUT2D eigenvalue weighted by molar-refractivity contribution is -0.153. The Hall–Kier alpha value is -2.54. The summed E-state index contributed by atoms with van der Waals surface area (Å²) in [5.74, 6) is -0.666. The van der Waals surface area contributed by atoms with Crippen LogP contribution in [0.5, 0.6) is 0 Å². The zero-order valence-corrected chi connectivity index (χ0v) is 22.7. The summed E-state index contributed by atoms with van der Waals surface area (Å²) in [5.41, 5.74) is 1.37. The molecule has 2 aliphatic heterocycles. The smallest absolute Gasteiger partial charge is 0.337 e. The number of amides is 1. The molecule has 218 valence electrons. The summed E-state index contributed by atoms with van der Waals surface area (Å²) < 4.78 is 39.0. The molecule has 1 saturated heterocycles. The van der Waals surface area contributed by atoms with Gasteiger partial charge < -0.3 is 43.2 Å². The average molecular weight is 552 g/mol. The van der Waals surface area contributed by atoms with Gasteiger partial charge in [-0.1, -0.05) is 12.1 Å². The predicted molar refractivity (Wildman–Crippen MR) is 140 cm³/mol. The topological polar surface area (TPSA) is 122 Å². The average Bonchev–Trinajstić information content (AvgIpc) is 2.98. The lowest BCUT2D eigenvalue weighted by Gasteiger charge is -2.32. The van der Waals surface area contributed by atoms with Gasteiger partial charge in [-0.2, -0.15) is 0 Å². The SMILES string of the molecule is COC(=O)c1ccc(C2C=C(C(=O)N3CCOCCOCCOCCOCC3)OC(OCCCCO)C2)cc1. The van der Waals surface area contributed by atoms with E-state index in [1.807, 2.05) is 18.2 Å². The second-order valence-corrected chi connectivity index (χ2v) is 9.08. The molecule has 0 aliphatic carbocycles. The van der Waals surface area contributed by atoms with Gasteiger partial charge in [-0.05, 0) is 36.6 Å². The fraction of sp³-hybridized carbons (Fsp3) is 0.643. The molecule has 11 heteroatoms. The molecule has 39 heavy (non-hydrogen) atoms. The number of esters is 1. The van der Waals surface area contributed by atoms with Crippen LogP contribution >= 0.6 is 0 Å². The van der Waals surface area contributed by atoms with E-state index in [2.05, 4.69) is 0 Å². The lowest BCUT2D eigenvalue weighted by Crippen LogP contribution is -2.40. The molecular weight excluding hydrogens is 510 g/mol. The summed E-state index contributed by atoms with van der Waals surface area (Å²) in [5, 5.41) is 9.08. The number of hydrogen-bond acceptors (Lipinski definition) is 10. The number of nitrogens with zero attached hydrogens (tertiary/aromatic N) is 1. The summed E-state index contributed by atoms with van der Waals surface area (Å²) in [6.07, 6.45) is 2.97. The van der Waals surface area contributed by atoms with E-state index in [9.17, 15) is 9.59 Å². The highest BCUT2D eigenvalue weighted by Crippen LogP contribution is 2.32. The largest absolute Gasteiger partial charge is 0.465 e. The normalized spacial score (nSPS) is 22.1. The molecule has 0 saturated carbocycles. The van der Waals surface area contributed by atoms with E-state index in [0.29, 0.717) is 97.4 Å². The number of benzene rings is 1. The van der Waals surface area contributed by atoms with Gasteiger partial charge in [-0.3, -0.25) is 4.79 Å². The van der Waals surface area contributed by atoms with Crippen molar-refractivity contribution in [3.8, 4) is 0 Å². The molecule has 0 radical (unpaired) electrons. The summed E-state index contributed by atoms with van der Waals surface area (Å²) >= 11 is 0. The van der Waals surface area contributed by atoms with Crippen LogP contribution in [0.3, 0.4) is 0 Å². The zero-order chi connectivity index (χ0) is 27.7. The first-order chi connectivity index (χ1) is 19.1. The molecule has 0 bridgehead atoms. The molecule has 2 aliphatic rings. The molecule has 2 unspecified atom stereocenters. The van der Waals surface area contributed by atoms with E-state index >= 15 is 0 Å². The highest BCUT2D eigenvalue weighted by molar-refractivity contribution is 5.92. The minimum absolute atomic E-state index is 0.0883. The van der Waals surface area contributed by atoms with Crippen LogP contribution in [0, 0.1) is 0 Å². The molecule has 1 aromatic carbocycles. The fourth-order valence-electron chi connectivity index (χ4n) is 4.14. The Bertz CT molecular complexity index is 875. The molecule has 1 aromatic rings. The van der Waals surface area contributed by atoms with Crippen LogP contribution in [-0.4, -0.2) is 114 Å². The second kappa shape index (κ2) is 17.9. The Morgan fingerprint density at radius 2 is 1.49 bits per heavy atom. The van der Waals surface area contributed by atoms with Crippen molar-refractivity contribution in [2.24, 2.45) is 0 Å². The van der Waals surface area contributed by atoms with Gasteiger partial charge in [0.1, 0.15) is 0 Å². The maximum atomic E-state index is 13.7. The van der Waals surface area contributed by atoms with Crippen molar-refractivity contribution >= 4 is 11.9 Å². The van der Waals surface area contributed by atoms with E-state index in [4.69, 9.17) is 38.3 Å². The van der Waals surface area contributed by atoms with Crippen molar-refractivity contribution in [1.29, 1.82) is 0 Å². The number of unbranched alkanes of at least 4 members (excludes halogenated alkanes) is 1. The van der Waals surface area contributed by atoms with Gasteiger partial charge in [0.25, 0.3) is 5.91 Å². The second-order valence-electron chi connectivity index (χ2n) is 9.08. The van der Waals surface area contributed by atoms with Gasteiger partial charge in [0.05, 0.1) is 72.1 Å². The Labute approximate surface area is 229 Å². The highest BCUT2D eigenvalue weighted by atomic mass is 16.7. The van der Waals surface area contributed by atoms with Gasteiger partial charge in [-0.25, -0.2) is 4.79 Å². The van der Waals surface area contributed by atoms with E-state index in [1.165, 1.54) is 7.11 Å². The standard InChI is InChI=1S/C28H41NO10/c1-33-28(32)23-6-4-22(5-7-23)24-20-25(39-26(21-24)38-11-3-2-10-30)27(31)29-8-12-34-14-16-36-18-19-37-17-15-35-13-9-29/h4-7,20,24,26,30H,2-3,8-19,21H2,1H3. The third-order valence-electron chi connectivity index (χ3n) is 6.30. The predicted octanol–water partition coefficient (Wildman–Crippen LogP) is 1.88. The number of aliphatic hydroxyl groups is 1. The Morgan fingerprint density at radius 1 is 0.897 bits per heavy atom. The molecule has 1 amide bonds. The van der Waals surface area contributed by atoms with E-state index < -0.39 is 12.3 Å². The van der Waals surface area contributed by atoms with Gasteiger partial charge in [-0.15, -0.1) is 0 Å².